The maximum atomic E-state index is 14.1. The molecular weight excluding hydrogens is 599 g/mol. The second-order valence-corrected chi connectivity index (χ2v) is 11.4. The molecule has 220 valence electrons. The van der Waals surface area contributed by atoms with E-state index >= 15 is 0 Å². The van der Waals surface area contributed by atoms with Crippen LogP contribution in [0.2, 0.25) is 0 Å². The second-order valence-electron chi connectivity index (χ2n) is 10.5. The molecule has 1 saturated heterocycles. The Kier molecular flexibility index (Phi) is 6.51. The lowest BCUT2D eigenvalue weighted by Gasteiger charge is -2.25. The Hall–Kier alpha value is -3.14. The molecule has 1 atom stereocenters. The summed E-state index contributed by atoms with van der Waals surface area (Å²) in [5.74, 6) is -3.07. The largest absolute Gasteiger partial charge is 0.460 e. The molecule has 0 radical (unpaired) electrons. The minimum absolute atomic E-state index is 0.0532. The summed E-state index contributed by atoms with van der Waals surface area (Å²) in [7, 11) is 0. The van der Waals surface area contributed by atoms with Gasteiger partial charge < -0.3 is 15.0 Å². The number of esters is 1. The van der Waals surface area contributed by atoms with Crippen molar-refractivity contribution in [3.05, 3.63) is 69.2 Å². The van der Waals surface area contributed by atoms with Crippen LogP contribution in [0.25, 0.3) is 10.9 Å². The number of nitrogens with zero attached hydrogens (tertiary/aromatic N) is 2. The molecule has 3 aromatic rings. The lowest BCUT2D eigenvalue weighted by Crippen LogP contribution is -2.31. The molecule has 4 rings (SSSR count). The van der Waals surface area contributed by atoms with Gasteiger partial charge in [-0.1, -0.05) is 34.1 Å². The number of hydrogen-bond donors (Lipinski definition) is 1. The van der Waals surface area contributed by atoms with Gasteiger partial charge in [0.25, 0.3) is 5.91 Å². The van der Waals surface area contributed by atoms with Crippen LogP contribution in [0, 0.1) is 6.92 Å². The summed E-state index contributed by atoms with van der Waals surface area (Å²) in [6.07, 6.45) is -11.9. The number of nitrogens with one attached hydrogen (secondary N) is 1. The molecule has 1 amide bonds. The molecule has 1 fully saturated rings. The molecule has 1 aliphatic rings. The maximum absolute atomic E-state index is 14.1. The van der Waals surface area contributed by atoms with E-state index in [1.165, 1.54) is 37.3 Å². The van der Waals surface area contributed by atoms with Crippen molar-refractivity contribution in [2.24, 2.45) is 0 Å². The van der Waals surface area contributed by atoms with Crippen LogP contribution in [0.3, 0.4) is 0 Å². The minimum Gasteiger partial charge on any atom is -0.460 e. The normalized spacial score (nSPS) is 22.6. The third-order valence-corrected chi connectivity index (χ3v) is 6.83. The van der Waals surface area contributed by atoms with Crippen LogP contribution in [0.15, 0.2) is 46.9 Å². The molecule has 1 aromatic heterocycles. The van der Waals surface area contributed by atoms with Crippen molar-refractivity contribution in [2.75, 3.05) is 24.4 Å². The summed E-state index contributed by atoms with van der Waals surface area (Å²) in [4.78, 5) is 31.2. The van der Waals surface area contributed by atoms with Crippen molar-refractivity contribution < 1.29 is 38.5 Å². The van der Waals surface area contributed by atoms with Crippen molar-refractivity contribution >= 4 is 44.5 Å². The van der Waals surface area contributed by atoms with Gasteiger partial charge in [0, 0.05) is 58.3 Å². The van der Waals surface area contributed by atoms with Crippen LogP contribution in [0.1, 0.15) is 90.3 Å². The summed E-state index contributed by atoms with van der Waals surface area (Å²) in [5, 5.41) is 2.83. The number of hydrogen-bond acceptors (Lipinski definition) is 5. The number of ether oxygens (including phenoxy) is 1. The Morgan fingerprint density at radius 3 is 2.49 bits per heavy atom. The molecule has 6 nitrogen and oxygen atoms in total. The number of pyridine rings is 1. The van der Waals surface area contributed by atoms with Crippen LogP contribution in [0.5, 0.6) is 0 Å². The van der Waals surface area contributed by atoms with Crippen molar-refractivity contribution in [3.63, 3.8) is 0 Å². The Morgan fingerprint density at radius 1 is 1.15 bits per heavy atom. The number of carbonyl (C=O) groups is 2. The molecule has 0 saturated carbocycles. The molecule has 1 unspecified atom stereocenters. The van der Waals surface area contributed by atoms with Gasteiger partial charge in [0.1, 0.15) is 11.4 Å². The van der Waals surface area contributed by atoms with Gasteiger partial charge in [0.2, 0.25) is 0 Å². The van der Waals surface area contributed by atoms with Crippen LogP contribution in [0.4, 0.5) is 19.0 Å². The van der Waals surface area contributed by atoms with E-state index in [-0.39, 0.29) is 45.3 Å². The van der Waals surface area contributed by atoms with Gasteiger partial charge in [-0.25, -0.2) is 4.98 Å². The third-order valence-electron chi connectivity index (χ3n) is 6.33. The molecule has 41 heavy (non-hydrogen) atoms. The summed E-state index contributed by atoms with van der Waals surface area (Å²) in [5.41, 5.74) is -2.20. The standard InChI is InChI=1S/C31H35BrF3N3O3/c1-19-27(23-17-21(32)12-13-25(23)37-28(19)38-15-7-8-16-38)29(40)36-18-20(11-14-26(39)41-30(2,3)4)22-9-5-6-10-24(22)31(33,34)35/h5-6,9-10,12-13,17,20H,7-8,11,14-16,18H2,1-4H3,(H,36,40)/i7D2,8D2,15D2,16D2. The van der Waals surface area contributed by atoms with Crippen LogP contribution < -0.4 is 10.2 Å². The van der Waals surface area contributed by atoms with E-state index in [2.05, 4.69) is 26.2 Å². The topological polar surface area (TPSA) is 71.5 Å². The van der Waals surface area contributed by atoms with E-state index in [4.69, 9.17) is 15.7 Å². The van der Waals surface area contributed by atoms with Crippen molar-refractivity contribution in [3.8, 4) is 0 Å². The first kappa shape index (κ1) is 21.5. The second kappa shape index (κ2) is 12.4. The fourth-order valence-electron chi connectivity index (χ4n) is 4.60. The van der Waals surface area contributed by atoms with E-state index in [0.29, 0.717) is 4.47 Å². The third kappa shape index (κ3) is 7.58. The first-order chi connectivity index (χ1) is 22.3. The Balaban J connectivity index is 1.81. The zero-order valence-corrected chi connectivity index (χ0v) is 24.5. The molecule has 10 heteroatoms. The first-order valence-electron chi connectivity index (χ1n) is 16.8. The Morgan fingerprint density at radius 2 is 1.83 bits per heavy atom. The molecule has 2 heterocycles. The number of rotatable bonds is 8. The lowest BCUT2D eigenvalue weighted by molar-refractivity contribution is -0.155. The SMILES string of the molecule is [2H]C1([2H])N(c2nc3ccc(Br)cc3c(C(=O)NCC(CCC(=O)OC(C)(C)C)c3ccccc3C(F)(F)F)c2C)C([2H])([2H])C([2H])([2H])C1([2H])[2H]. The monoisotopic (exact) mass is 641 g/mol. The number of amides is 1. The fraction of sp³-hybridized carbons (Fsp3) is 0.452. The predicted octanol–water partition coefficient (Wildman–Crippen LogP) is 7.56. The van der Waals surface area contributed by atoms with Gasteiger partial charge in [0.05, 0.1) is 16.6 Å². The molecule has 2 aromatic carbocycles. The lowest BCUT2D eigenvalue weighted by atomic mass is 9.89. The molecular formula is C31H35BrF3N3O3. The minimum atomic E-state index is -4.74. The molecule has 0 bridgehead atoms. The summed E-state index contributed by atoms with van der Waals surface area (Å²) < 4.78 is 115. The zero-order chi connectivity index (χ0) is 37.1. The quantitative estimate of drug-likeness (QED) is 0.257. The number of fused-ring (bicyclic) bond motifs is 1. The van der Waals surface area contributed by atoms with Gasteiger partial charge in [-0.3, -0.25) is 9.59 Å². The number of benzene rings is 2. The Labute approximate surface area is 258 Å². The summed E-state index contributed by atoms with van der Waals surface area (Å²) >= 11 is 3.33. The van der Waals surface area contributed by atoms with Crippen molar-refractivity contribution in [2.45, 2.75) is 71.0 Å². The average molecular weight is 643 g/mol. The van der Waals surface area contributed by atoms with Crippen LogP contribution >= 0.6 is 15.9 Å². The number of carbonyl (C=O) groups excluding carboxylic acids is 2. The van der Waals surface area contributed by atoms with Gasteiger partial charge >= 0.3 is 12.1 Å². The fourth-order valence-corrected chi connectivity index (χ4v) is 4.96. The summed E-state index contributed by atoms with van der Waals surface area (Å²) in [6.45, 7) is -0.709. The number of halogens is 4. The van der Waals surface area contributed by atoms with E-state index in [1.54, 1.807) is 26.8 Å². The predicted molar refractivity (Wildman–Crippen MR) is 157 cm³/mol. The highest BCUT2D eigenvalue weighted by Gasteiger charge is 2.35. The first-order valence-corrected chi connectivity index (χ1v) is 13.6. The highest BCUT2D eigenvalue weighted by atomic mass is 79.9. The summed E-state index contributed by atoms with van der Waals surface area (Å²) in [6, 6.07) is 9.29. The van der Waals surface area contributed by atoms with Gasteiger partial charge in [-0.05, 0) is 76.7 Å². The maximum Gasteiger partial charge on any atom is 0.416 e. The van der Waals surface area contributed by atoms with Crippen molar-refractivity contribution in [1.29, 1.82) is 0 Å². The number of anilines is 1. The highest BCUT2D eigenvalue weighted by molar-refractivity contribution is 9.10. The average Bonchev–Trinajstić information content (AvgIpc) is 3.02. The van der Waals surface area contributed by atoms with Crippen LogP contribution in [-0.2, 0) is 15.7 Å². The van der Waals surface area contributed by atoms with Gasteiger partial charge in [-0.15, -0.1) is 0 Å². The molecule has 1 N–H and O–H groups in total. The highest BCUT2D eigenvalue weighted by Crippen LogP contribution is 2.37. The van der Waals surface area contributed by atoms with E-state index in [1.807, 2.05) is 0 Å². The number of aromatic nitrogens is 1. The molecule has 1 aliphatic heterocycles. The van der Waals surface area contributed by atoms with Crippen LogP contribution in [-0.4, -0.2) is 42.0 Å². The van der Waals surface area contributed by atoms with Crippen molar-refractivity contribution in [1.82, 2.24) is 10.3 Å². The number of alkyl halides is 3. The zero-order valence-electron chi connectivity index (χ0n) is 30.9. The van der Waals surface area contributed by atoms with Gasteiger partial charge in [0.15, 0.2) is 0 Å². The smallest absolute Gasteiger partial charge is 0.416 e. The van der Waals surface area contributed by atoms with Gasteiger partial charge in [-0.2, -0.15) is 13.2 Å². The molecule has 0 aliphatic carbocycles. The van der Waals surface area contributed by atoms with E-state index in [0.717, 1.165) is 6.07 Å². The van der Waals surface area contributed by atoms with E-state index < -0.39 is 73.2 Å². The van der Waals surface area contributed by atoms with E-state index in [9.17, 15) is 22.8 Å². The Bertz CT molecular complexity index is 1760. The molecule has 0 spiro atoms.